The molecule has 2 aromatic rings. The second kappa shape index (κ2) is 7.55. The van der Waals surface area contributed by atoms with E-state index in [-0.39, 0.29) is 23.6 Å². The van der Waals surface area contributed by atoms with Crippen molar-refractivity contribution >= 4 is 23.4 Å². The third-order valence-electron chi connectivity index (χ3n) is 2.87. The summed E-state index contributed by atoms with van der Waals surface area (Å²) in [5.41, 5.74) is 0.0209. The van der Waals surface area contributed by atoms with Crippen molar-refractivity contribution in [3.8, 4) is 0 Å². The summed E-state index contributed by atoms with van der Waals surface area (Å²) in [5.74, 6) is -0.788. The molecule has 0 aliphatic carbocycles. The predicted molar refractivity (Wildman–Crippen MR) is 86.1 cm³/mol. The highest BCUT2D eigenvalue weighted by molar-refractivity contribution is 7.99. The van der Waals surface area contributed by atoms with Gasteiger partial charge in [-0.05, 0) is 36.4 Å². The van der Waals surface area contributed by atoms with Crippen LogP contribution in [0.4, 0.5) is 10.1 Å². The molecule has 0 unspecified atom stereocenters. The van der Waals surface area contributed by atoms with E-state index in [1.807, 2.05) is 0 Å². The van der Waals surface area contributed by atoms with Gasteiger partial charge in [-0.3, -0.25) is 14.9 Å². The molecule has 0 saturated carbocycles. The fourth-order valence-corrected chi connectivity index (χ4v) is 2.68. The highest BCUT2D eigenvalue weighted by Gasteiger charge is 2.18. The number of hydrogen-bond acceptors (Lipinski definition) is 4. The van der Waals surface area contributed by atoms with E-state index in [1.165, 1.54) is 48.5 Å². The minimum atomic E-state index is -0.545. The van der Waals surface area contributed by atoms with E-state index in [0.29, 0.717) is 9.79 Å². The Morgan fingerprint density at radius 3 is 2.61 bits per heavy atom. The molecule has 0 bridgehead atoms. The van der Waals surface area contributed by atoms with Gasteiger partial charge in [-0.25, -0.2) is 4.39 Å². The van der Waals surface area contributed by atoms with Gasteiger partial charge in [0, 0.05) is 23.1 Å². The fraction of sp³-hybridized carbons (Fsp3) is 0.0625. The third kappa shape index (κ3) is 4.40. The lowest BCUT2D eigenvalue weighted by Gasteiger charge is -2.06. The Kier molecular flexibility index (Phi) is 5.48. The van der Waals surface area contributed by atoms with Crippen molar-refractivity contribution in [1.82, 2.24) is 5.32 Å². The van der Waals surface area contributed by atoms with Gasteiger partial charge in [0.15, 0.2) is 0 Å². The molecule has 0 saturated heterocycles. The summed E-state index contributed by atoms with van der Waals surface area (Å²) >= 11 is 1.13. The van der Waals surface area contributed by atoms with Crippen molar-refractivity contribution in [1.29, 1.82) is 0 Å². The number of carbonyl (C=O) groups is 1. The summed E-state index contributed by atoms with van der Waals surface area (Å²) in [5, 5.41) is 13.8. The fourth-order valence-electron chi connectivity index (χ4n) is 1.78. The van der Waals surface area contributed by atoms with Gasteiger partial charge in [-0.2, -0.15) is 0 Å². The van der Waals surface area contributed by atoms with E-state index in [2.05, 4.69) is 11.9 Å². The number of nitro groups is 1. The Balaban J connectivity index is 2.29. The number of nitrogens with zero attached hydrogens (tertiary/aromatic N) is 1. The maximum absolute atomic E-state index is 12.9. The first kappa shape index (κ1) is 16.7. The number of carbonyl (C=O) groups excluding carboxylic acids is 1. The molecule has 2 aromatic carbocycles. The van der Waals surface area contributed by atoms with Crippen LogP contribution in [-0.2, 0) is 0 Å². The molecule has 0 aliphatic rings. The Morgan fingerprint density at radius 1 is 1.30 bits per heavy atom. The molecule has 0 heterocycles. The molecule has 7 heteroatoms. The van der Waals surface area contributed by atoms with Gasteiger partial charge in [-0.15, -0.1) is 6.58 Å². The summed E-state index contributed by atoms with van der Waals surface area (Å²) in [6, 6.07) is 9.88. The smallest absolute Gasteiger partial charge is 0.284 e. The van der Waals surface area contributed by atoms with Crippen LogP contribution in [0.5, 0.6) is 0 Å². The van der Waals surface area contributed by atoms with Crippen molar-refractivity contribution in [3.05, 3.63) is 76.6 Å². The molecule has 118 valence electrons. The van der Waals surface area contributed by atoms with Gasteiger partial charge >= 0.3 is 0 Å². The van der Waals surface area contributed by atoms with Gasteiger partial charge in [0.05, 0.1) is 9.82 Å². The van der Waals surface area contributed by atoms with Crippen LogP contribution < -0.4 is 5.32 Å². The summed E-state index contributed by atoms with van der Waals surface area (Å²) in [6.45, 7) is 3.76. The van der Waals surface area contributed by atoms with E-state index in [1.54, 1.807) is 0 Å². The lowest BCUT2D eigenvalue weighted by atomic mass is 10.2. The number of benzene rings is 2. The maximum atomic E-state index is 12.9. The largest absolute Gasteiger partial charge is 0.349 e. The number of nitro benzene ring substituents is 1. The van der Waals surface area contributed by atoms with Gasteiger partial charge in [0.1, 0.15) is 5.82 Å². The molecule has 0 aromatic heterocycles. The Morgan fingerprint density at radius 2 is 2.00 bits per heavy atom. The Bertz CT molecular complexity index is 747. The number of hydrogen-bond donors (Lipinski definition) is 1. The van der Waals surface area contributed by atoms with Crippen LogP contribution in [0.3, 0.4) is 0 Å². The molecule has 23 heavy (non-hydrogen) atoms. The number of rotatable bonds is 6. The van der Waals surface area contributed by atoms with Gasteiger partial charge in [0.25, 0.3) is 11.6 Å². The van der Waals surface area contributed by atoms with Crippen LogP contribution in [0.15, 0.2) is 64.9 Å². The average Bonchev–Trinajstić information content (AvgIpc) is 2.54. The minimum absolute atomic E-state index is 0.175. The quantitative estimate of drug-likeness (QED) is 0.496. The number of nitrogens with one attached hydrogen (secondary N) is 1. The SMILES string of the molecule is C=CCNC(=O)c1ccc(Sc2ccc(F)cc2)c([N+](=O)[O-])c1. The molecule has 1 amide bonds. The van der Waals surface area contributed by atoms with Crippen molar-refractivity contribution in [3.63, 3.8) is 0 Å². The van der Waals surface area contributed by atoms with Crippen molar-refractivity contribution in [2.24, 2.45) is 0 Å². The average molecular weight is 332 g/mol. The normalized spacial score (nSPS) is 10.1. The Hall–Kier alpha value is -2.67. The third-order valence-corrected chi connectivity index (χ3v) is 3.94. The number of amides is 1. The predicted octanol–water partition coefficient (Wildman–Crippen LogP) is 3.80. The van der Waals surface area contributed by atoms with E-state index in [0.717, 1.165) is 11.8 Å². The van der Waals surface area contributed by atoms with Gasteiger partial charge in [0.2, 0.25) is 0 Å². The van der Waals surface area contributed by atoms with E-state index < -0.39 is 10.8 Å². The van der Waals surface area contributed by atoms with Crippen LogP contribution in [0, 0.1) is 15.9 Å². The van der Waals surface area contributed by atoms with Crippen molar-refractivity contribution in [2.45, 2.75) is 9.79 Å². The summed E-state index contributed by atoms with van der Waals surface area (Å²) in [6.07, 6.45) is 1.52. The number of halogens is 1. The zero-order valence-electron chi connectivity index (χ0n) is 12.0. The molecule has 5 nitrogen and oxygen atoms in total. The van der Waals surface area contributed by atoms with E-state index in [9.17, 15) is 19.3 Å². The van der Waals surface area contributed by atoms with Gasteiger partial charge < -0.3 is 5.32 Å². The van der Waals surface area contributed by atoms with Crippen LogP contribution in [-0.4, -0.2) is 17.4 Å². The molecule has 0 aliphatic heterocycles. The monoisotopic (exact) mass is 332 g/mol. The van der Waals surface area contributed by atoms with Crippen LogP contribution in [0.1, 0.15) is 10.4 Å². The van der Waals surface area contributed by atoms with Crippen molar-refractivity contribution in [2.75, 3.05) is 6.54 Å². The highest BCUT2D eigenvalue weighted by atomic mass is 32.2. The van der Waals surface area contributed by atoms with E-state index in [4.69, 9.17) is 0 Å². The molecule has 0 spiro atoms. The zero-order valence-corrected chi connectivity index (χ0v) is 12.8. The standard InChI is InChI=1S/C16H13FN2O3S/c1-2-9-18-16(20)11-3-8-15(14(10-11)19(21)22)23-13-6-4-12(17)5-7-13/h2-8,10H,1,9H2,(H,18,20). The molecule has 0 atom stereocenters. The second-order valence-corrected chi connectivity index (χ2v) is 5.61. The second-order valence-electron chi connectivity index (χ2n) is 4.49. The maximum Gasteiger partial charge on any atom is 0.284 e. The first-order valence-corrected chi connectivity index (χ1v) is 7.44. The minimum Gasteiger partial charge on any atom is -0.349 e. The van der Waals surface area contributed by atoms with Crippen LogP contribution in [0.2, 0.25) is 0 Å². The summed E-state index contributed by atoms with van der Waals surface area (Å²) in [7, 11) is 0. The first-order valence-electron chi connectivity index (χ1n) is 6.62. The molecular weight excluding hydrogens is 319 g/mol. The van der Waals surface area contributed by atoms with Crippen LogP contribution >= 0.6 is 11.8 Å². The van der Waals surface area contributed by atoms with E-state index >= 15 is 0 Å². The first-order chi connectivity index (χ1) is 11.0. The topological polar surface area (TPSA) is 72.2 Å². The molecular formula is C16H13FN2O3S. The molecule has 0 radical (unpaired) electrons. The Labute approximate surface area is 136 Å². The molecule has 1 N–H and O–H groups in total. The summed E-state index contributed by atoms with van der Waals surface area (Å²) in [4.78, 5) is 23.6. The lowest BCUT2D eigenvalue weighted by Crippen LogP contribution is -2.23. The van der Waals surface area contributed by atoms with Crippen LogP contribution in [0.25, 0.3) is 0 Å². The highest BCUT2D eigenvalue weighted by Crippen LogP contribution is 2.35. The molecule has 2 rings (SSSR count). The van der Waals surface area contributed by atoms with Crippen molar-refractivity contribution < 1.29 is 14.1 Å². The zero-order chi connectivity index (χ0) is 16.8. The summed E-state index contributed by atoms with van der Waals surface area (Å²) < 4.78 is 12.9. The molecule has 0 fully saturated rings. The van der Waals surface area contributed by atoms with Gasteiger partial charge in [-0.1, -0.05) is 17.8 Å². The lowest BCUT2D eigenvalue weighted by molar-refractivity contribution is -0.387.